The number of nitrogens with one attached hydrogen (secondary N) is 1. The quantitative estimate of drug-likeness (QED) is 0.910. The number of nitrogens with zero attached hydrogens (tertiary/aromatic N) is 4. The first-order valence-electron chi connectivity index (χ1n) is 6.80. The van der Waals surface area contributed by atoms with E-state index in [-0.39, 0.29) is 0 Å². The maximum absolute atomic E-state index is 4.58. The Hall–Kier alpha value is -1.27. The molecule has 5 nitrogen and oxygen atoms in total. The molecule has 0 atom stereocenters. The van der Waals surface area contributed by atoms with Crippen LogP contribution >= 0.6 is 11.3 Å². The predicted molar refractivity (Wildman–Crippen MR) is 75.7 cm³/mol. The lowest BCUT2D eigenvalue weighted by Gasteiger charge is -1.99. The Morgan fingerprint density at radius 2 is 2.11 bits per heavy atom. The second-order valence-corrected chi connectivity index (χ2v) is 6.09. The number of hydrogen-bond acceptors (Lipinski definition) is 5. The van der Waals surface area contributed by atoms with Crippen LogP contribution in [-0.2, 0) is 13.0 Å². The summed E-state index contributed by atoms with van der Waals surface area (Å²) < 4.78 is 1.92. The van der Waals surface area contributed by atoms with Gasteiger partial charge >= 0.3 is 0 Å². The molecule has 1 aliphatic carbocycles. The van der Waals surface area contributed by atoms with E-state index in [1.807, 2.05) is 4.68 Å². The van der Waals surface area contributed by atoms with Crippen molar-refractivity contribution in [2.45, 2.75) is 52.6 Å². The molecule has 19 heavy (non-hydrogen) atoms. The summed E-state index contributed by atoms with van der Waals surface area (Å²) in [5.74, 6) is 0. The smallest absolute Gasteiger partial charge is 0.233 e. The third-order valence-electron chi connectivity index (χ3n) is 3.55. The fraction of sp³-hybridized carbons (Fsp3) is 0.615. The minimum Gasteiger partial charge on any atom is -0.308 e. The van der Waals surface area contributed by atoms with Crippen molar-refractivity contribution in [1.82, 2.24) is 25.3 Å². The van der Waals surface area contributed by atoms with Gasteiger partial charge in [0.05, 0.1) is 12.2 Å². The van der Waals surface area contributed by atoms with Crippen LogP contribution in [0.3, 0.4) is 0 Å². The number of aromatic nitrogens is 4. The van der Waals surface area contributed by atoms with Crippen LogP contribution in [0.4, 0.5) is 0 Å². The fourth-order valence-corrected chi connectivity index (χ4v) is 3.09. The molecule has 0 radical (unpaired) electrons. The van der Waals surface area contributed by atoms with Gasteiger partial charge in [0.2, 0.25) is 5.13 Å². The summed E-state index contributed by atoms with van der Waals surface area (Å²) in [6, 6.07) is 0.702. The van der Waals surface area contributed by atoms with Gasteiger partial charge in [0, 0.05) is 11.7 Å². The SMILES string of the molecule is CCc1c(C)nn(-c2nnc(CNC3CC3)s2)c1C. The molecule has 0 unspecified atom stereocenters. The van der Waals surface area contributed by atoms with Gasteiger partial charge in [0.1, 0.15) is 5.01 Å². The van der Waals surface area contributed by atoms with Crippen LogP contribution in [0.25, 0.3) is 5.13 Å². The van der Waals surface area contributed by atoms with Crippen molar-refractivity contribution in [2.75, 3.05) is 0 Å². The molecular weight excluding hydrogens is 258 g/mol. The molecule has 2 heterocycles. The van der Waals surface area contributed by atoms with E-state index in [0.717, 1.165) is 28.8 Å². The van der Waals surface area contributed by atoms with Crippen molar-refractivity contribution in [2.24, 2.45) is 0 Å². The molecule has 2 aromatic rings. The maximum atomic E-state index is 4.58. The van der Waals surface area contributed by atoms with E-state index in [1.165, 1.54) is 24.1 Å². The van der Waals surface area contributed by atoms with Gasteiger partial charge in [-0.1, -0.05) is 18.3 Å². The highest BCUT2D eigenvalue weighted by Gasteiger charge is 2.21. The van der Waals surface area contributed by atoms with Gasteiger partial charge in [-0.25, -0.2) is 4.68 Å². The normalized spacial score (nSPS) is 15.1. The van der Waals surface area contributed by atoms with Crippen LogP contribution in [0.5, 0.6) is 0 Å². The zero-order valence-corrected chi connectivity index (χ0v) is 12.4. The summed E-state index contributed by atoms with van der Waals surface area (Å²) in [4.78, 5) is 0. The molecule has 102 valence electrons. The summed E-state index contributed by atoms with van der Waals surface area (Å²) >= 11 is 1.62. The molecule has 0 saturated heterocycles. The lowest BCUT2D eigenvalue weighted by Crippen LogP contribution is -2.14. The van der Waals surface area contributed by atoms with Crippen LogP contribution in [0.2, 0.25) is 0 Å². The van der Waals surface area contributed by atoms with Crippen LogP contribution in [0.15, 0.2) is 0 Å². The van der Waals surface area contributed by atoms with E-state index < -0.39 is 0 Å². The molecule has 0 aromatic carbocycles. The topological polar surface area (TPSA) is 55.6 Å². The standard InChI is InChI=1S/C13H19N5S/c1-4-11-8(2)17-18(9(11)3)13-16-15-12(19-13)7-14-10-5-6-10/h10,14H,4-7H2,1-3H3. The summed E-state index contributed by atoms with van der Waals surface area (Å²) in [5, 5.41) is 18.4. The Morgan fingerprint density at radius 1 is 1.32 bits per heavy atom. The Bertz CT molecular complexity index is 582. The number of hydrogen-bond donors (Lipinski definition) is 1. The molecule has 0 aliphatic heterocycles. The van der Waals surface area contributed by atoms with Crippen molar-refractivity contribution >= 4 is 11.3 Å². The summed E-state index contributed by atoms with van der Waals surface area (Å²) in [7, 11) is 0. The molecule has 2 aromatic heterocycles. The number of rotatable bonds is 5. The minimum atomic E-state index is 0.702. The Kier molecular flexibility index (Phi) is 3.36. The molecule has 1 aliphatic rings. The van der Waals surface area contributed by atoms with Crippen molar-refractivity contribution in [3.63, 3.8) is 0 Å². The predicted octanol–water partition coefficient (Wildman–Crippen LogP) is 2.16. The minimum absolute atomic E-state index is 0.702. The molecule has 0 amide bonds. The van der Waals surface area contributed by atoms with Gasteiger partial charge in [0.25, 0.3) is 0 Å². The first-order chi connectivity index (χ1) is 9.19. The average molecular weight is 277 g/mol. The first kappa shape index (κ1) is 12.7. The highest BCUT2D eigenvalue weighted by molar-refractivity contribution is 7.13. The van der Waals surface area contributed by atoms with Crippen molar-refractivity contribution < 1.29 is 0 Å². The second-order valence-electron chi connectivity index (χ2n) is 5.05. The van der Waals surface area contributed by atoms with E-state index in [9.17, 15) is 0 Å². The van der Waals surface area contributed by atoms with E-state index >= 15 is 0 Å². The third-order valence-corrected chi connectivity index (χ3v) is 4.45. The highest BCUT2D eigenvalue weighted by Crippen LogP contribution is 2.22. The van der Waals surface area contributed by atoms with E-state index in [1.54, 1.807) is 11.3 Å². The van der Waals surface area contributed by atoms with Gasteiger partial charge in [-0.2, -0.15) is 5.10 Å². The Balaban J connectivity index is 1.81. The molecule has 0 bridgehead atoms. The maximum Gasteiger partial charge on any atom is 0.233 e. The highest BCUT2D eigenvalue weighted by atomic mass is 32.1. The molecule has 1 saturated carbocycles. The van der Waals surface area contributed by atoms with Gasteiger partial charge in [-0.15, -0.1) is 10.2 Å². The van der Waals surface area contributed by atoms with Gasteiger partial charge < -0.3 is 5.32 Å². The zero-order chi connectivity index (χ0) is 13.4. The largest absolute Gasteiger partial charge is 0.308 e. The zero-order valence-electron chi connectivity index (χ0n) is 11.6. The molecule has 6 heteroatoms. The van der Waals surface area contributed by atoms with Crippen molar-refractivity contribution in [3.8, 4) is 5.13 Å². The van der Waals surface area contributed by atoms with Gasteiger partial charge in [0.15, 0.2) is 0 Å². The van der Waals surface area contributed by atoms with Crippen LogP contribution in [0, 0.1) is 13.8 Å². The van der Waals surface area contributed by atoms with Crippen molar-refractivity contribution in [3.05, 3.63) is 22.0 Å². The van der Waals surface area contributed by atoms with Crippen LogP contribution in [0.1, 0.15) is 41.7 Å². The Labute approximate surface area is 117 Å². The molecule has 3 rings (SSSR count). The third kappa shape index (κ3) is 2.55. The van der Waals surface area contributed by atoms with E-state index in [4.69, 9.17) is 0 Å². The first-order valence-corrected chi connectivity index (χ1v) is 7.62. The van der Waals surface area contributed by atoms with Gasteiger partial charge in [-0.05, 0) is 38.7 Å². The monoisotopic (exact) mass is 277 g/mol. The van der Waals surface area contributed by atoms with Crippen LogP contribution < -0.4 is 5.32 Å². The molecule has 0 spiro atoms. The number of aryl methyl sites for hydroxylation is 1. The second kappa shape index (κ2) is 5.02. The molecular formula is C13H19N5S. The van der Waals surface area contributed by atoms with Crippen molar-refractivity contribution in [1.29, 1.82) is 0 Å². The lowest BCUT2D eigenvalue weighted by molar-refractivity contribution is 0.678. The average Bonchev–Trinajstić information content (AvgIpc) is 3.03. The summed E-state index contributed by atoms with van der Waals surface area (Å²) in [6.45, 7) is 7.13. The summed E-state index contributed by atoms with van der Waals surface area (Å²) in [6.07, 6.45) is 3.60. The molecule has 1 N–H and O–H groups in total. The van der Waals surface area contributed by atoms with Gasteiger partial charge in [-0.3, -0.25) is 0 Å². The fourth-order valence-electron chi connectivity index (χ4n) is 2.29. The van der Waals surface area contributed by atoms with Crippen LogP contribution in [-0.4, -0.2) is 26.0 Å². The lowest BCUT2D eigenvalue weighted by atomic mass is 10.1. The van der Waals surface area contributed by atoms with E-state index in [2.05, 4.69) is 41.4 Å². The summed E-state index contributed by atoms with van der Waals surface area (Å²) in [5.41, 5.74) is 3.58. The molecule has 1 fully saturated rings. The Morgan fingerprint density at radius 3 is 2.74 bits per heavy atom. The van der Waals surface area contributed by atoms with E-state index in [0.29, 0.717) is 6.04 Å².